The minimum atomic E-state index is -0.771. The molecule has 1 heterocycles. The fourth-order valence-electron chi connectivity index (χ4n) is 2.86. The maximum atomic E-state index is 10.8. The Balaban J connectivity index is 1.60. The lowest BCUT2D eigenvalue weighted by Crippen LogP contribution is -2.37. The molecular weight excluding hydrogens is 252 g/mol. The highest BCUT2D eigenvalue weighted by molar-refractivity contribution is 5.64. The molecule has 4 nitrogen and oxygen atoms in total. The number of likely N-dealkylation sites (tertiary alicyclic amines) is 1. The number of unbranched alkanes of at least 4 members (excludes halogenated alkanes) is 1. The van der Waals surface area contributed by atoms with Crippen molar-refractivity contribution in [2.24, 2.45) is 5.92 Å². The summed E-state index contributed by atoms with van der Waals surface area (Å²) in [5.74, 6) is 0.706. The Kier molecular flexibility index (Phi) is 5.27. The standard InChI is InChI=1S/C16H24N2O2/c17-15-7-5-13(6-8-15)3-1-2-4-14-9-11-18(12-10-14)16(19)20/h5-8,14H,1-4,9-12,17H2,(H,19,20). The minimum Gasteiger partial charge on any atom is -0.465 e. The molecule has 1 amide bonds. The molecule has 4 heteroatoms. The van der Waals surface area contributed by atoms with Gasteiger partial charge in [-0.05, 0) is 49.3 Å². The van der Waals surface area contributed by atoms with Crippen LogP contribution in [0, 0.1) is 5.92 Å². The number of amides is 1. The fraction of sp³-hybridized carbons (Fsp3) is 0.562. The first-order chi connectivity index (χ1) is 9.65. The van der Waals surface area contributed by atoms with Crippen molar-refractivity contribution in [1.29, 1.82) is 0 Å². The van der Waals surface area contributed by atoms with Crippen LogP contribution in [0.1, 0.15) is 37.7 Å². The van der Waals surface area contributed by atoms with Gasteiger partial charge < -0.3 is 15.7 Å². The van der Waals surface area contributed by atoms with Crippen LogP contribution in [-0.2, 0) is 6.42 Å². The Morgan fingerprint density at radius 3 is 2.45 bits per heavy atom. The van der Waals surface area contributed by atoms with Crippen LogP contribution in [0.3, 0.4) is 0 Å². The van der Waals surface area contributed by atoms with E-state index in [-0.39, 0.29) is 0 Å². The number of rotatable bonds is 5. The van der Waals surface area contributed by atoms with E-state index in [4.69, 9.17) is 10.8 Å². The number of piperidine rings is 1. The zero-order valence-corrected chi connectivity index (χ0v) is 11.9. The summed E-state index contributed by atoms with van der Waals surface area (Å²) in [6, 6.07) is 8.11. The summed E-state index contributed by atoms with van der Waals surface area (Å²) >= 11 is 0. The van der Waals surface area contributed by atoms with Crippen molar-refractivity contribution in [1.82, 2.24) is 4.90 Å². The Morgan fingerprint density at radius 1 is 1.20 bits per heavy atom. The molecule has 2 rings (SSSR count). The maximum absolute atomic E-state index is 10.8. The topological polar surface area (TPSA) is 66.6 Å². The van der Waals surface area contributed by atoms with Crippen LogP contribution in [-0.4, -0.2) is 29.2 Å². The van der Waals surface area contributed by atoms with E-state index < -0.39 is 6.09 Å². The Hall–Kier alpha value is -1.71. The molecular formula is C16H24N2O2. The smallest absolute Gasteiger partial charge is 0.407 e. The second kappa shape index (κ2) is 7.17. The summed E-state index contributed by atoms with van der Waals surface area (Å²) in [6.45, 7) is 1.41. The Labute approximate surface area is 120 Å². The zero-order chi connectivity index (χ0) is 14.4. The molecule has 1 aromatic rings. The average Bonchev–Trinajstić information content (AvgIpc) is 2.46. The number of nitrogens with zero attached hydrogens (tertiary/aromatic N) is 1. The molecule has 0 atom stereocenters. The second-order valence-electron chi connectivity index (χ2n) is 5.70. The molecule has 0 saturated carbocycles. The van der Waals surface area contributed by atoms with E-state index in [1.54, 1.807) is 0 Å². The maximum Gasteiger partial charge on any atom is 0.407 e. The first-order valence-electron chi connectivity index (χ1n) is 7.47. The van der Waals surface area contributed by atoms with Crippen LogP contribution in [0.2, 0.25) is 0 Å². The lowest BCUT2D eigenvalue weighted by molar-refractivity contribution is 0.122. The molecule has 1 saturated heterocycles. The van der Waals surface area contributed by atoms with Crippen LogP contribution < -0.4 is 5.73 Å². The molecule has 3 N–H and O–H groups in total. The van der Waals surface area contributed by atoms with Gasteiger partial charge in [0.2, 0.25) is 0 Å². The van der Waals surface area contributed by atoms with E-state index >= 15 is 0 Å². The van der Waals surface area contributed by atoms with Crippen molar-refractivity contribution in [3.63, 3.8) is 0 Å². The van der Waals surface area contributed by atoms with E-state index in [9.17, 15) is 4.79 Å². The predicted octanol–water partition coefficient (Wildman–Crippen LogP) is 3.37. The highest BCUT2D eigenvalue weighted by Gasteiger charge is 2.21. The molecule has 0 bridgehead atoms. The van der Waals surface area contributed by atoms with Gasteiger partial charge in [0.05, 0.1) is 0 Å². The van der Waals surface area contributed by atoms with Crippen molar-refractivity contribution < 1.29 is 9.90 Å². The number of carboxylic acid groups (broad SMARTS) is 1. The zero-order valence-electron chi connectivity index (χ0n) is 11.9. The van der Waals surface area contributed by atoms with Crippen molar-refractivity contribution in [2.75, 3.05) is 18.8 Å². The van der Waals surface area contributed by atoms with Gasteiger partial charge >= 0.3 is 6.09 Å². The molecule has 0 spiro atoms. The fourth-order valence-corrected chi connectivity index (χ4v) is 2.86. The van der Waals surface area contributed by atoms with Crippen molar-refractivity contribution in [2.45, 2.75) is 38.5 Å². The quantitative estimate of drug-likeness (QED) is 0.640. The van der Waals surface area contributed by atoms with Gasteiger partial charge in [-0.3, -0.25) is 0 Å². The number of hydrogen-bond donors (Lipinski definition) is 2. The van der Waals surface area contributed by atoms with E-state index in [0.29, 0.717) is 19.0 Å². The molecule has 0 radical (unpaired) electrons. The highest BCUT2D eigenvalue weighted by Crippen LogP contribution is 2.23. The first-order valence-corrected chi connectivity index (χ1v) is 7.47. The van der Waals surface area contributed by atoms with E-state index in [1.165, 1.54) is 29.7 Å². The van der Waals surface area contributed by atoms with Crippen LogP contribution in [0.4, 0.5) is 10.5 Å². The van der Waals surface area contributed by atoms with E-state index in [2.05, 4.69) is 12.1 Å². The van der Waals surface area contributed by atoms with Crippen LogP contribution in [0.5, 0.6) is 0 Å². The summed E-state index contributed by atoms with van der Waals surface area (Å²) < 4.78 is 0. The monoisotopic (exact) mass is 276 g/mol. The number of anilines is 1. The third-order valence-electron chi connectivity index (χ3n) is 4.19. The summed E-state index contributed by atoms with van der Waals surface area (Å²) in [5, 5.41) is 8.90. The molecule has 1 aliphatic rings. The second-order valence-corrected chi connectivity index (χ2v) is 5.70. The number of nitrogen functional groups attached to an aromatic ring is 1. The Morgan fingerprint density at radius 2 is 1.85 bits per heavy atom. The van der Waals surface area contributed by atoms with E-state index in [1.807, 2.05) is 12.1 Å². The minimum absolute atomic E-state index is 0.706. The molecule has 1 fully saturated rings. The third-order valence-corrected chi connectivity index (χ3v) is 4.19. The molecule has 1 aromatic carbocycles. The third kappa shape index (κ3) is 4.44. The number of carbonyl (C=O) groups is 1. The van der Waals surface area contributed by atoms with Gasteiger partial charge in [0, 0.05) is 18.8 Å². The number of aryl methyl sites for hydroxylation is 1. The summed E-state index contributed by atoms with van der Waals surface area (Å²) in [5.41, 5.74) is 7.83. The molecule has 0 unspecified atom stereocenters. The van der Waals surface area contributed by atoms with Gasteiger partial charge in [-0.15, -0.1) is 0 Å². The van der Waals surface area contributed by atoms with Crippen molar-refractivity contribution in [3.8, 4) is 0 Å². The molecule has 0 aliphatic carbocycles. The number of benzene rings is 1. The largest absolute Gasteiger partial charge is 0.465 e. The van der Waals surface area contributed by atoms with Crippen LogP contribution in [0.15, 0.2) is 24.3 Å². The van der Waals surface area contributed by atoms with Gasteiger partial charge in [0.1, 0.15) is 0 Å². The molecule has 20 heavy (non-hydrogen) atoms. The van der Waals surface area contributed by atoms with Gasteiger partial charge in [0.15, 0.2) is 0 Å². The molecule has 1 aliphatic heterocycles. The lowest BCUT2D eigenvalue weighted by Gasteiger charge is -2.29. The summed E-state index contributed by atoms with van der Waals surface area (Å²) in [6.07, 6.45) is 6.02. The summed E-state index contributed by atoms with van der Waals surface area (Å²) in [7, 11) is 0. The van der Waals surface area contributed by atoms with Gasteiger partial charge in [-0.1, -0.05) is 25.0 Å². The average molecular weight is 276 g/mol. The first kappa shape index (κ1) is 14.7. The number of nitrogens with two attached hydrogens (primary N) is 1. The van der Waals surface area contributed by atoms with Gasteiger partial charge in [-0.25, -0.2) is 4.79 Å². The van der Waals surface area contributed by atoms with Crippen molar-refractivity contribution in [3.05, 3.63) is 29.8 Å². The van der Waals surface area contributed by atoms with Crippen molar-refractivity contribution >= 4 is 11.8 Å². The van der Waals surface area contributed by atoms with Crippen LogP contribution >= 0.6 is 0 Å². The molecule has 110 valence electrons. The van der Waals surface area contributed by atoms with Gasteiger partial charge in [0.25, 0.3) is 0 Å². The molecule has 0 aromatic heterocycles. The van der Waals surface area contributed by atoms with Crippen LogP contribution in [0.25, 0.3) is 0 Å². The summed E-state index contributed by atoms with van der Waals surface area (Å²) in [4.78, 5) is 12.4. The normalized spacial score (nSPS) is 16.3. The van der Waals surface area contributed by atoms with Gasteiger partial charge in [-0.2, -0.15) is 0 Å². The SMILES string of the molecule is Nc1ccc(CCCCC2CCN(C(=O)O)CC2)cc1. The lowest BCUT2D eigenvalue weighted by atomic mass is 9.91. The highest BCUT2D eigenvalue weighted by atomic mass is 16.4. The predicted molar refractivity (Wildman–Crippen MR) is 80.7 cm³/mol. The van der Waals surface area contributed by atoms with E-state index in [0.717, 1.165) is 24.9 Å². The number of hydrogen-bond acceptors (Lipinski definition) is 2. The Bertz CT molecular complexity index is 423.